The lowest BCUT2D eigenvalue weighted by Crippen LogP contribution is -2.25. The van der Waals surface area contributed by atoms with Gasteiger partial charge in [-0.05, 0) is 36.4 Å². The highest BCUT2D eigenvalue weighted by molar-refractivity contribution is 7.19. The largest absolute Gasteiger partial charge is 0.497 e. The lowest BCUT2D eigenvalue weighted by molar-refractivity contribution is 0.0947. The molecule has 152 valence electrons. The molecule has 1 amide bonds. The summed E-state index contributed by atoms with van der Waals surface area (Å²) in [6.45, 7) is 0.110. The summed E-state index contributed by atoms with van der Waals surface area (Å²) < 4.78 is 11.6. The van der Waals surface area contributed by atoms with Gasteiger partial charge in [0.2, 0.25) is 4.96 Å². The van der Waals surface area contributed by atoms with Gasteiger partial charge in [0.15, 0.2) is 0 Å². The quantitative estimate of drug-likeness (QED) is 0.513. The monoisotopic (exact) mass is 422 g/mol. The SMILES string of the molecule is COc1ccc(-c2nn3c(=O)cc(CNC(=O)c4ccccc4OC)nc3s2)cc1. The Labute approximate surface area is 175 Å². The third kappa shape index (κ3) is 3.87. The number of para-hydroxylation sites is 1. The minimum Gasteiger partial charge on any atom is -0.497 e. The van der Waals surface area contributed by atoms with E-state index in [1.807, 2.05) is 24.3 Å². The summed E-state index contributed by atoms with van der Waals surface area (Å²) >= 11 is 1.30. The number of amides is 1. The first-order chi connectivity index (χ1) is 14.6. The van der Waals surface area contributed by atoms with Crippen molar-refractivity contribution in [3.05, 3.63) is 76.2 Å². The number of hydrogen-bond donors (Lipinski definition) is 1. The first kappa shape index (κ1) is 19.6. The van der Waals surface area contributed by atoms with Gasteiger partial charge >= 0.3 is 0 Å². The van der Waals surface area contributed by atoms with Crippen LogP contribution in [-0.4, -0.2) is 34.7 Å². The van der Waals surface area contributed by atoms with E-state index < -0.39 is 0 Å². The molecule has 2 heterocycles. The van der Waals surface area contributed by atoms with E-state index in [2.05, 4.69) is 15.4 Å². The number of nitrogens with one attached hydrogen (secondary N) is 1. The van der Waals surface area contributed by atoms with Crippen molar-refractivity contribution in [1.29, 1.82) is 0 Å². The number of fused-ring (bicyclic) bond motifs is 1. The van der Waals surface area contributed by atoms with E-state index in [-0.39, 0.29) is 18.0 Å². The average Bonchev–Trinajstić information content (AvgIpc) is 3.22. The summed E-state index contributed by atoms with van der Waals surface area (Å²) in [4.78, 5) is 29.9. The van der Waals surface area contributed by atoms with Gasteiger partial charge in [-0.2, -0.15) is 9.61 Å². The molecule has 1 N–H and O–H groups in total. The second kappa shape index (κ2) is 8.34. The lowest BCUT2D eigenvalue weighted by atomic mass is 10.2. The molecule has 0 saturated heterocycles. The summed E-state index contributed by atoms with van der Waals surface area (Å²) in [6, 6.07) is 15.7. The van der Waals surface area contributed by atoms with E-state index in [1.54, 1.807) is 31.4 Å². The second-order valence-corrected chi connectivity index (χ2v) is 7.25. The molecule has 0 atom stereocenters. The van der Waals surface area contributed by atoms with Gasteiger partial charge in [0.05, 0.1) is 32.0 Å². The number of ether oxygens (including phenoxy) is 2. The van der Waals surface area contributed by atoms with E-state index in [9.17, 15) is 9.59 Å². The van der Waals surface area contributed by atoms with Crippen LogP contribution < -0.4 is 20.3 Å². The number of methoxy groups -OCH3 is 2. The molecule has 4 aromatic rings. The van der Waals surface area contributed by atoms with Crippen molar-refractivity contribution in [2.24, 2.45) is 0 Å². The van der Waals surface area contributed by atoms with Crippen molar-refractivity contribution < 1.29 is 14.3 Å². The third-order valence-electron chi connectivity index (χ3n) is 4.42. The predicted octanol–water partition coefficient (Wildman–Crippen LogP) is 2.77. The molecule has 0 aliphatic rings. The summed E-state index contributed by atoms with van der Waals surface area (Å²) in [7, 11) is 3.11. The van der Waals surface area contributed by atoms with Crippen molar-refractivity contribution in [3.8, 4) is 22.1 Å². The molecule has 0 fully saturated rings. The number of carbonyl (C=O) groups is 1. The van der Waals surface area contributed by atoms with E-state index in [4.69, 9.17) is 9.47 Å². The predicted molar refractivity (Wildman–Crippen MR) is 113 cm³/mol. The van der Waals surface area contributed by atoms with Crippen LogP contribution in [0.1, 0.15) is 16.1 Å². The molecule has 4 rings (SSSR count). The summed E-state index contributed by atoms with van der Waals surface area (Å²) in [5.74, 6) is 0.908. The minimum atomic E-state index is -0.308. The average molecular weight is 422 g/mol. The first-order valence-electron chi connectivity index (χ1n) is 9.04. The van der Waals surface area contributed by atoms with Crippen molar-refractivity contribution in [2.75, 3.05) is 14.2 Å². The number of aromatic nitrogens is 3. The zero-order valence-corrected chi connectivity index (χ0v) is 17.1. The standard InChI is InChI=1S/C21H18N4O4S/c1-28-15-9-7-13(8-10-15)20-24-25-18(26)11-14(23-21(25)30-20)12-22-19(27)16-5-3-4-6-17(16)29-2/h3-11H,12H2,1-2H3,(H,22,27). The molecular formula is C21H18N4O4S. The molecule has 0 saturated carbocycles. The highest BCUT2D eigenvalue weighted by Gasteiger charge is 2.14. The number of benzene rings is 2. The van der Waals surface area contributed by atoms with Gasteiger partial charge in [0.1, 0.15) is 16.5 Å². The molecule has 0 aliphatic heterocycles. The van der Waals surface area contributed by atoms with E-state index in [1.165, 1.54) is 29.0 Å². The Balaban J connectivity index is 1.57. The number of hydrogen-bond acceptors (Lipinski definition) is 7. The first-order valence-corrected chi connectivity index (χ1v) is 9.86. The smallest absolute Gasteiger partial charge is 0.275 e. The Morgan fingerprint density at radius 2 is 1.87 bits per heavy atom. The summed E-state index contributed by atoms with van der Waals surface area (Å²) in [5.41, 5.74) is 1.42. The molecule has 2 aromatic carbocycles. The van der Waals surface area contributed by atoms with Crippen LogP contribution >= 0.6 is 11.3 Å². The van der Waals surface area contributed by atoms with Gasteiger partial charge in [-0.25, -0.2) is 4.98 Å². The van der Waals surface area contributed by atoms with Gasteiger partial charge in [-0.1, -0.05) is 23.5 Å². The van der Waals surface area contributed by atoms with E-state index in [0.717, 1.165) is 11.3 Å². The molecule has 0 aliphatic carbocycles. The van der Waals surface area contributed by atoms with E-state index >= 15 is 0 Å². The topological polar surface area (TPSA) is 94.8 Å². The minimum absolute atomic E-state index is 0.110. The normalized spacial score (nSPS) is 10.7. The number of nitrogens with zero attached hydrogens (tertiary/aromatic N) is 3. The second-order valence-electron chi connectivity index (χ2n) is 6.30. The Kier molecular flexibility index (Phi) is 5.44. The highest BCUT2D eigenvalue weighted by atomic mass is 32.1. The molecule has 0 spiro atoms. The van der Waals surface area contributed by atoms with Crippen LogP contribution in [0.2, 0.25) is 0 Å². The van der Waals surface area contributed by atoms with Crippen LogP contribution in [0.5, 0.6) is 11.5 Å². The van der Waals surface area contributed by atoms with Crippen LogP contribution in [0.25, 0.3) is 15.5 Å². The maximum Gasteiger partial charge on any atom is 0.275 e. The Bertz CT molecular complexity index is 1260. The maximum absolute atomic E-state index is 12.5. The fourth-order valence-corrected chi connectivity index (χ4v) is 3.82. The zero-order chi connectivity index (χ0) is 21.1. The van der Waals surface area contributed by atoms with Crippen molar-refractivity contribution in [1.82, 2.24) is 19.9 Å². The van der Waals surface area contributed by atoms with Gasteiger partial charge in [0.25, 0.3) is 11.5 Å². The molecule has 30 heavy (non-hydrogen) atoms. The Morgan fingerprint density at radius 3 is 2.60 bits per heavy atom. The van der Waals surface area contributed by atoms with Crippen molar-refractivity contribution in [3.63, 3.8) is 0 Å². The van der Waals surface area contributed by atoms with Crippen molar-refractivity contribution >= 4 is 22.2 Å². The Morgan fingerprint density at radius 1 is 1.10 bits per heavy atom. The summed E-state index contributed by atoms with van der Waals surface area (Å²) in [5, 5.41) is 7.80. The van der Waals surface area contributed by atoms with Crippen molar-refractivity contribution in [2.45, 2.75) is 6.54 Å². The lowest BCUT2D eigenvalue weighted by Gasteiger charge is -2.08. The zero-order valence-electron chi connectivity index (χ0n) is 16.3. The van der Waals surface area contributed by atoms with Crippen LogP contribution in [0.15, 0.2) is 59.4 Å². The van der Waals surface area contributed by atoms with E-state index in [0.29, 0.717) is 27.0 Å². The van der Waals surface area contributed by atoms with Crippen LogP contribution in [-0.2, 0) is 6.54 Å². The molecule has 2 aromatic heterocycles. The number of carbonyl (C=O) groups excluding carboxylic acids is 1. The maximum atomic E-state index is 12.5. The van der Waals surface area contributed by atoms with Crippen LogP contribution in [0.4, 0.5) is 0 Å². The third-order valence-corrected chi connectivity index (χ3v) is 5.37. The molecule has 0 unspecified atom stereocenters. The van der Waals surface area contributed by atoms with Gasteiger partial charge in [0, 0.05) is 11.6 Å². The highest BCUT2D eigenvalue weighted by Crippen LogP contribution is 2.26. The fraction of sp³-hybridized carbons (Fsp3) is 0.143. The molecule has 0 bridgehead atoms. The van der Waals surface area contributed by atoms with Crippen LogP contribution in [0.3, 0.4) is 0 Å². The summed E-state index contributed by atoms with van der Waals surface area (Å²) in [6.07, 6.45) is 0. The fourth-order valence-electron chi connectivity index (χ4n) is 2.90. The number of rotatable bonds is 6. The molecular weight excluding hydrogens is 404 g/mol. The van der Waals surface area contributed by atoms with Gasteiger partial charge in [-0.15, -0.1) is 0 Å². The molecule has 8 nitrogen and oxygen atoms in total. The van der Waals surface area contributed by atoms with Crippen LogP contribution in [0, 0.1) is 0 Å². The van der Waals surface area contributed by atoms with Gasteiger partial charge in [-0.3, -0.25) is 9.59 Å². The molecule has 0 radical (unpaired) electrons. The van der Waals surface area contributed by atoms with Gasteiger partial charge < -0.3 is 14.8 Å². The Hall–Kier alpha value is -3.72. The molecule has 9 heteroatoms.